The quantitative estimate of drug-likeness (QED) is 0.350. The van der Waals surface area contributed by atoms with Crippen LogP contribution in [-0.2, 0) is 0 Å². The first kappa shape index (κ1) is 18.4. The maximum Gasteiger partial charge on any atom is 0.213 e. The van der Waals surface area contributed by atoms with E-state index in [1.54, 1.807) is 31.3 Å². The highest BCUT2D eigenvalue weighted by Crippen LogP contribution is 2.13. The second-order valence-electron chi connectivity index (χ2n) is 5.71. The molecule has 0 radical (unpaired) electrons. The lowest BCUT2D eigenvalue weighted by Crippen LogP contribution is -2.10. The van der Waals surface area contributed by atoms with Gasteiger partial charge >= 0.3 is 0 Å². The van der Waals surface area contributed by atoms with E-state index >= 15 is 0 Å². The predicted octanol–water partition coefficient (Wildman–Crippen LogP) is 3.38. The number of amidine groups is 1. The molecule has 1 aromatic heterocycles. The Morgan fingerprint density at radius 3 is 2.12 bits per heavy atom. The number of unbranched alkanes of at least 4 members (excludes halogenated alkanes) is 2. The zero-order valence-electron chi connectivity index (χ0n) is 14.4. The van der Waals surface area contributed by atoms with Crippen molar-refractivity contribution in [2.24, 2.45) is 5.73 Å². The van der Waals surface area contributed by atoms with Crippen molar-refractivity contribution in [3.05, 3.63) is 53.7 Å². The molecule has 0 atom stereocenters. The first-order chi connectivity index (χ1) is 12.1. The molecule has 6 nitrogen and oxygen atoms in total. The number of pyridine rings is 1. The molecule has 0 amide bonds. The van der Waals surface area contributed by atoms with Crippen LogP contribution in [0, 0.1) is 10.8 Å². The maximum atomic E-state index is 7.52. The van der Waals surface area contributed by atoms with Crippen LogP contribution in [0.2, 0.25) is 0 Å². The lowest BCUT2D eigenvalue weighted by molar-refractivity contribution is 0.274. The molecule has 0 aliphatic heterocycles. The van der Waals surface area contributed by atoms with Gasteiger partial charge in [-0.2, -0.15) is 0 Å². The molecule has 0 unspecified atom stereocenters. The second kappa shape index (κ2) is 9.42. The summed E-state index contributed by atoms with van der Waals surface area (Å²) in [6, 6.07) is 10.8. The van der Waals surface area contributed by atoms with Crippen molar-refractivity contribution < 1.29 is 9.47 Å². The summed E-state index contributed by atoms with van der Waals surface area (Å²) < 4.78 is 11.2. The number of rotatable bonds is 10. The Morgan fingerprint density at radius 1 is 0.920 bits per heavy atom. The number of hydrogen-bond acceptors (Lipinski definition) is 5. The molecule has 0 aliphatic rings. The van der Waals surface area contributed by atoms with E-state index in [0.717, 1.165) is 30.6 Å². The van der Waals surface area contributed by atoms with Crippen LogP contribution in [0.5, 0.6) is 11.6 Å². The van der Waals surface area contributed by atoms with Crippen LogP contribution in [0.25, 0.3) is 0 Å². The minimum Gasteiger partial charge on any atom is -0.494 e. The van der Waals surface area contributed by atoms with Gasteiger partial charge in [-0.1, -0.05) is 0 Å². The fourth-order valence-electron chi connectivity index (χ4n) is 2.17. The van der Waals surface area contributed by atoms with Gasteiger partial charge in [-0.15, -0.1) is 0 Å². The van der Waals surface area contributed by atoms with Gasteiger partial charge in [0, 0.05) is 29.1 Å². The molecule has 0 saturated carbocycles. The third-order valence-electron chi connectivity index (χ3n) is 3.64. The van der Waals surface area contributed by atoms with Gasteiger partial charge in [0.15, 0.2) is 0 Å². The summed E-state index contributed by atoms with van der Waals surface area (Å²) in [5.74, 6) is 1.43. The van der Waals surface area contributed by atoms with Gasteiger partial charge in [0.05, 0.1) is 13.2 Å². The molecule has 6 heteroatoms. The van der Waals surface area contributed by atoms with Gasteiger partial charge in [0.1, 0.15) is 11.6 Å². The summed E-state index contributed by atoms with van der Waals surface area (Å²) in [6.45, 7) is 2.99. The average molecular weight is 340 g/mol. The Kier molecular flexibility index (Phi) is 6.95. The molecule has 25 heavy (non-hydrogen) atoms. The molecule has 0 bridgehead atoms. The lowest BCUT2D eigenvalue weighted by Gasteiger charge is -2.08. The topological polar surface area (TPSA) is 105 Å². The maximum absolute atomic E-state index is 7.52. The zero-order chi connectivity index (χ0) is 18.1. The van der Waals surface area contributed by atoms with Crippen molar-refractivity contribution in [1.29, 1.82) is 10.8 Å². The molecular formula is C19H24N4O2. The van der Waals surface area contributed by atoms with E-state index in [4.69, 9.17) is 26.0 Å². The van der Waals surface area contributed by atoms with Crippen molar-refractivity contribution >= 4 is 11.5 Å². The summed E-state index contributed by atoms with van der Waals surface area (Å²) in [5.41, 5.74) is 7.41. The molecule has 2 aromatic rings. The average Bonchev–Trinajstić information content (AvgIpc) is 2.61. The first-order valence-corrected chi connectivity index (χ1v) is 8.28. The van der Waals surface area contributed by atoms with E-state index in [1.807, 2.05) is 18.2 Å². The van der Waals surface area contributed by atoms with Gasteiger partial charge in [-0.25, -0.2) is 4.98 Å². The fourth-order valence-corrected chi connectivity index (χ4v) is 2.17. The van der Waals surface area contributed by atoms with Gasteiger partial charge in [0.2, 0.25) is 5.88 Å². The van der Waals surface area contributed by atoms with E-state index in [-0.39, 0.29) is 5.84 Å². The number of nitrogens with zero attached hydrogens (tertiary/aromatic N) is 1. The zero-order valence-corrected chi connectivity index (χ0v) is 14.4. The molecular weight excluding hydrogens is 316 g/mol. The Morgan fingerprint density at radius 2 is 1.56 bits per heavy atom. The van der Waals surface area contributed by atoms with E-state index in [1.165, 1.54) is 0 Å². The van der Waals surface area contributed by atoms with Crippen molar-refractivity contribution in [3.8, 4) is 11.6 Å². The molecule has 0 aliphatic carbocycles. The normalized spacial score (nSPS) is 10.3. The van der Waals surface area contributed by atoms with E-state index in [2.05, 4.69) is 4.98 Å². The van der Waals surface area contributed by atoms with Gasteiger partial charge < -0.3 is 20.6 Å². The third kappa shape index (κ3) is 6.25. The molecule has 2 rings (SSSR count). The molecule has 0 saturated heterocycles. The van der Waals surface area contributed by atoms with Crippen LogP contribution in [0.15, 0.2) is 42.6 Å². The molecule has 132 valence electrons. The number of ether oxygens (including phenoxy) is 2. The SMILES string of the molecule is CC(=N)c1ccc(OCCCCCOc2ccc(C(=N)N)cc2)nc1. The van der Waals surface area contributed by atoms with Crippen molar-refractivity contribution in [2.75, 3.05) is 13.2 Å². The molecule has 1 aromatic carbocycles. The Hall–Kier alpha value is -2.89. The summed E-state index contributed by atoms with van der Waals surface area (Å²) in [4.78, 5) is 4.18. The van der Waals surface area contributed by atoms with Crippen LogP contribution in [0.1, 0.15) is 37.3 Å². The molecule has 0 fully saturated rings. The van der Waals surface area contributed by atoms with E-state index < -0.39 is 0 Å². The van der Waals surface area contributed by atoms with E-state index in [0.29, 0.717) is 30.4 Å². The largest absolute Gasteiger partial charge is 0.494 e. The third-order valence-corrected chi connectivity index (χ3v) is 3.64. The number of nitrogen functional groups attached to an aromatic ring is 1. The summed E-state index contributed by atoms with van der Waals surface area (Å²) in [6.07, 6.45) is 4.53. The molecule has 4 N–H and O–H groups in total. The standard InChI is InChI=1S/C19H24N4O2/c1-14(20)16-7-10-18(23-13-16)25-12-4-2-3-11-24-17-8-5-15(6-9-17)19(21)22/h5-10,13,20H,2-4,11-12H2,1H3,(H3,21,22). The fraction of sp³-hybridized carbons (Fsp3) is 0.316. The summed E-state index contributed by atoms with van der Waals surface area (Å²) >= 11 is 0. The van der Waals surface area contributed by atoms with Gasteiger partial charge in [-0.05, 0) is 56.5 Å². The highest BCUT2D eigenvalue weighted by Gasteiger charge is 2.00. The predicted molar refractivity (Wildman–Crippen MR) is 99.0 cm³/mol. The van der Waals surface area contributed by atoms with Crippen LogP contribution < -0.4 is 15.2 Å². The van der Waals surface area contributed by atoms with Gasteiger partial charge in [0.25, 0.3) is 0 Å². The lowest BCUT2D eigenvalue weighted by atomic mass is 10.2. The van der Waals surface area contributed by atoms with Gasteiger partial charge in [-0.3, -0.25) is 5.41 Å². The minimum absolute atomic E-state index is 0.0589. The van der Waals surface area contributed by atoms with Crippen molar-refractivity contribution in [2.45, 2.75) is 26.2 Å². The van der Waals surface area contributed by atoms with Crippen molar-refractivity contribution in [3.63, 3.8) is 0 Å². The summed E-state index contributed by atoms with van der Waals surface area (Å²) in [5, 5.41) is 14.9. The Labute approximate surface area is 148 Å². The molecule has 1 heterocycles. The molecule has 0 spiro atoms. The number of nitrogens with one attached hydrogen (secondary N) is 2. The highest BCUT2D eigenvalue weighted by atomic mass is 16.5. The Balaban J connectivity index is 1.57. The van der Waals surface area contributed by atoms with Crippen molar-refractivity contribution in [1.82, 2.24) is 4.98 Å². The van der Waals surface area contributed by atoms with Crippen LogP contribution in [-0.4, -0.2) is 29.7 Å². The number of benzene rings is 1. The summed E-state index contributed by atoms with van der Waals surface area (Å²) in [7, 11) is 0. The van der Waals surface area contributed by atoms with Crippen LogP contribution in [0.3, 0.4) is 0 Å². The van der Waals surface area contributed by atoms with E-state index in [9.17, 15) is 0 Å². The smallest absolute Gasteiger partial charge is 0.213 e. The Bertz CT molecular complexity index is 635. The highest BCUT2D eigenvalue weighted by molar-refractivity contribution is 5.96. The number of nitrogens with two attached hydrogens (primary N) is 1. The first-order valence-electron chi connectivity index (χ1n) is 8.28. The monoisotopic (exact) mass is 340 g/mol. The number of aromatic nitrogens is 1. The van der Waals surface area contributed by atoms with Crippen LogP contribution in [0.4, 0.5) is 0 Å². The van der Waals surface area contributed by atoms with Crippen LogP contribution >= 0.6 is 0 Å². The minimum atomic E-state index is 0.0589. The second-order valence-corrected chi connectivity index (χ2v) is 5.71. The number of hydrogen-bond donors (Lipinski definition) is 3.